The third-order valence-corrected chi connectivity index (χ3v) is 6.12. The summed E-state index contributed by atoms with van der Waals surface area (Å²) < 4.78 is 33.0. The molecule has 1 aliphatic rings. The number of anilines is 1. The van der Waals surface area contributed by atoms with Crippen LogP contribution in [0.15, 0.2) is 47.4 Å². The van der Waals surface area contributed by atoms with Gasteiger partial charge in [-0.15, -0.1) is 0 Å². The number of carbonyl (C=O) groups excluding carboxylic acids is 1. The van der Waals surface area contributed by atoms with E-state index in [0.29, 0.717) is 18.8 Å². The zero-order valence-corrected chi connectivity index (χ0v) is 15.9. The van der Waals surface area contributed by atoms with Gasteiger partial charge in [0, 0.05) is 43.9 Å². The predicted octanol–water partition coefficient (Wildman–Crippen LogP) is 3.13. The zero-order valence-electron chi connectivity index (χ0n) is 15.1. The molecule has 1 amide bonds. The number of sulfonamides is 1. The number of non-ortho nitro benzene ring substituents is 1. The van der Waals surface area contributed by atoms with E-state index in [-0.39, 0.29) is 28.0 Å². The minimum atomic E-state index is -3.94. The fraction of sp³-hybridized carbons (Fsp3) is 0.278. The lowest BCUT2D eigenvalue weighted by Gasteiger charge is -2.18. The molecule has 0 aromatic heterocycles. The van der Waals surface area contributed by atoms with Crippen molar-refractivity contribution in [2.45, 2.75) is 24.7 Å². The Balaban J connectivity index is 2.01. The van der Waals surface area contributed by atoms with Crippen molar-refractivity contribution in [2.24, 2.45) is 0 Å². The van der Waals surface area contributed by atoms with Crippen LogP contribution >= 0.6 is 0 Å². The molecule has 0 bridgehead atoms. The molecule has 0 saturated carbocycles. The first-order valence-corrected chi connectivity index (χ1v) is 10.1. The Hall–Kier alpha value is -2.98. The molecule has 2 aromatic rings. The molecule has 0 radical (unpaired) electrons. The van der Waals surface area contributed by atoms with Crippen LogP contribution in [0.2, 0.25) is 0 Å². The maximum Gasteiger partial charge on any atom is 0.271 e. The number of carbonyl (C=O) groups is 1. The summed E-state index contributed by atoms with van der Waals surface area (Å²) >= 11 is 0. The Morgan fingerprint density at radius 3 is 2.54 bits per heavy atom. The summed E-state index contributed by atoms with van der Waals surface area (Å²) in [5.41, 5.74) is 0.146. The van der Waals surface area contributed by atoms with E-state index in [1.54, 1.807) is 18.2 Å². The van der Waals surface area contributed by atoms with Crippen LogP contribution in [-0.2, 0) is 14.8 Å². The third-order valence-electron chi connectivity index (χ3n) is 4.20. The average Bonchev–Trinajstić information content (AvgIpc) is 3.17. The number of nitro groups is 1. The fourth-order valence-corrected chi connectivity index (χ4v) is 4.58. The molecule has 1 heterocycles. The largest absolute Gasteiger partial charge is 0.456 e. The summed E-state index contributed by atoms with van der Waals surface area (Å²) in [6.07, 6.45) is 1.48. The van der Waals surface area contributed by atoms with Gasteiger partial charge in [0.05, 0.1) is 4.92 Å². The normalized spacial score (nSPS) is 14.6. The monoisotopic (exact) mass is 405 g/mol. The van der Waals surface area contributed by atoms with Crippen molar-refractivity contribution in [2.75, 3.05) is 18.4 Å². The Morgan fingerprint density at radius 2 is 1.89 bits per heavy atom. The topological polar surface area (TPSA) is 119 Å². The summed E-state index contributed by atoms with van der Waals surface area (Å²) in [5.74, 6) is 0.0141. The molecule has 10 heteroatoms. The number of amides is 1. The number of nitrogens with zero attached hydrogens (tertiary/aromatic N) is 2. The molecule has 148 valence electrons. The number of rotatable bonds is 6. The third kappa shape index (κ3) is 4.29. The molecule has 3 rings (SSSR count). The van der Waals surface area contributed by atoms with Gasteiger partial charge in [-0.1, -0.05) is 6.07 Å². The summed E-state index contributed by atoms with van der Waals surface area (Å²) in [6.45, 7) is 2.09. The smallest absolute Gasteiger partial charge is 0.271 e. The van der Waals surface area contributed by atoms with E-state index in [1.165, 1.54) is 29.4 Å². The summed E-state index contributed by atoms with van der Waals surface area (Å²) in [4.78, 5) is 21.4. The molecule has 0 aliphatic carbocycles. The molecule has 9 nitrogen and oxygen atoms in total. The van der Waals surface area contributed by atoms with E-state index in [0.717, 1.165) is 18.9 Å². The van der Waals surface area contributed by atoms with E-state index >= 15 is 0 Å². The number of nitrogens with one attached hydrogen (secondary N) is 1. The average molecular weight is 405 g/mol. The number of hydrogen-bond donors (Lipinski definition) is 1. The highest BCUT2D eigenvalue weighted by atomic mass is 32.2. The molecule has 1 fully saturated rings. The van der Waals surface area contributed by atoms with Crippen molar-refractivity contribution >= 4 is 27.3 Å². The van der Waals surface area contributed by atoms with Crippen molar-refractivity contribution in [3.05, 3.63) is 52.6 Å². The minimum Gasteiger partial charge on any atom is -0.456 e. The first kappa shape index (κ1) is 19.8. The fourth-order valence-electron chi connectivity index (χ4n) is 2.93. The van der Waals surface area contributed by atoms with Crippen molar-refractivity contribution in [3.8, 4) is 11.5 Å². The second-order valence-corrected chi connectivity index (χ2v) is 8.22. The van der Waals surface area contributed by atoms with Crippen LogP contribution < -0.4 is 10.1 Å². The Labute approximate surface area is 162 Å². The summed E-state index contributed by atoms with van der Waals surface area (Å²) in [7, 11) is -3.94. The van der Waals surface area contributed by atoms with Crippen molar-refractivity contribution < 1.29 is 22.9 Å². The Morgan fingerprint density at radius 1 is 1.18 bits per heavy atom. The second-order valence-electron chi connectivity index (χ2n) is 6.31. The number of ether oxygens (including phenoxy) is 1. The Bertz CT molecular complexity index is 1020. The maximum atomic E-state index is 13.0. The molecule has 1 aliphatic heterocycles. The van der Waals surface area contributed by atoms with Crippen LogP contribution in [0.3, 0.4) is 0 Å². The summed E-state index contributed by atoms with van der Waals surface area (Å²) in [6, 6.07) is 9.91. The van der Waals surface area contributed by atoms with E-state index in [1.807, 2.05) is 0 Å². The lowest BCUT2D eigenvalue weighted by atomic mass is 10.3. The molecule has 2 aromatic carbocycles. The van der Waals surface area contributed by atoms with Crippen LogP contribution in [0, 0.1) is 10.1 Å². The van der Waals surface area contributed by atoms with Crippen LogP contribution in [0.4, 0.5) is 11.4 Å². The SMILES string of the molecule is CC(=O)Nc1cccc(Oc2ccc([N+](=O)[O-])cc2S(=O)(=O)N2CCCC2)c1. The summed E-state index contributed by atoms with van der Waals surface area (Å²) in [5, 5.41) is 13.7. The van der Waals surface area contributed by atoms with Crippen molar-refractivity contribution in [3.63, 3.8) is 0 Å². The highest BCUT2D eigenvalue weighted by Gasteiger charge is 2.31. The van der Waals surface area contributed by atoms with Crippen LogP contribution in [0.1, 0.15) is 19.8 Å². The number of hydrogen-bond acceptors (Lipinski definition) is 6. The molecule has 0 atom stereocenters. The minimum absolute atomic E-state index is 0.0162. The molecule has 0 unspecified atom stereocenters. The molecule has 1 N–H and O–H groups in total. The highest BCUT2D eigenvalue weighted by Crippen LogP contribution is 2.35. The molecular formula is C18H19N3O6S. The van der Waals surface area contributed by atoms with Gasteiger partial charge in [0.15, 0.2) is 0 Å². The molecular weight excluding hydrogens is 386 g/mol. The molecule has 28 heavy (non-hydrogen) atoms. The highest BCUT2D eigenvalue weighted by molar-refractivity contribution is 7.89. The van der Waals surface area contributed by atoms with Gasteiger partial charge in [-0.3, -0.25) is 14.9 Å². The van der Waals surface area contributed by atoms with Gasteiger partial charge in [-0.2, -0.15) is 4.31 Å². The zero-order chi connectivity index (χ0) is 20.3. The first-order chi connectivity index (χ1) is 13.3. The van der Waals surface area contributed by atoms with E-state index in [2.05, 4.69) is 5.32 Å². The van der Waals surface area contributed by atoms with Crippen molar-refractivity contribution in [1.29, 1.82) is 0 Å². The Kier molecular flexibility index (Phi) is 5.61. The number of nitro benzene ring substituents is 1. The first-order valence-electron chi connectivity index (χ1n) is 8.61. The van der Waals surface area contributed by atoms with Crippen LogP contribution in [0.5, 0.6) is 11.5 Å². The van der Waals surface area contributed by atoms with Gasteiger partial charge in [0.1, 0.15) is 16.4 Å². The predicted molar refractivity (Wildman–Crippen MR) is 102 cm³/mol. The van der Waals surface area contributed by atoms with Gasteiger partial charge in [0.2, 0.25) is 15.9 Å². The van der Waals surface area contributed by atoms with Crippen molar-refractivity contribution in [1.82, 2.24) is 4.31 Å². The van der Waals surface area contributed by atoms with Gasteiger partial charge < -0.3 is 10.1 Å². The number of benzene rings is 2. The lowest BCUT2D eigenvalue weighted by Crippen LogP contribution is -2.28. The standard InChI is InChI=1S/C18H19N3O6S/c1-13(22)19-14-5-4-6-16(11-14)27-17-8-7-15(21(23)24)12-18(17)28(25,26)20-9-2-3-10-20/h4-8,11-12H,2-3,9-10H2,1H3,(H,19,22). The quantitative estimate of drug-likeness (QED) is 0.582. The molecule has 0 spiro atoms. The van der Waals surface area contributed by atoms with Gasteiger partial charge in [-0.25, -0.2) is 8.42 Å². The van der Waals surface area contributed by atoms with E-state index in [4.69, 9.17) is 4.74 Å². The van der Waals surface area contributed by atoms with Gasteiger partial charge >= 0.3 is 0 Å². The lowest BCUT2D eigenvalue weighted by molar-refractivity contribution is -0.385. The van der Waals surface area contributed by atoms with Gasteiger partial charge in [0.25, 0.3) is 5.69 Å². The van der Waals surface area contributed by atoms with E-state index < -0.39 is 14.9 Å². The maximum absolute atomic E-state index is 13.0. The van der Waals surface area contributed by atoms with Gasteiger partial charge in [-0.05, 0) is 31.0 Å². The van der Waals surface area contributed by atoms with Crippen LogP contribution in [0.25, 0.3) is 0 Å². The van der Waals surface area contributed by atoms with Crippen LogP contribution in [-0.4, -0.2) is 36.6 Å². The molecule has 1 saturated heterocycles. The van der Waals surface area contributed by atoms with E-state index in [9.17, 15) is 23.3 Å². The second kappa shape index (κ2) is 7.95.